The van der Waals surface area contributed by atoms with E-state index in [0.29, 0.717) is 5.56 Å². The smallest absolute Gasteiger partial charge is 0.145 e. The van der Waals surface area contributed by atoms with Gasteiger partial charge in [-0.05, 0) is 30.5 Å². The highest BCUT2D eigenvalue weighted by Crippen LogP contribution is 2.21. The largest absolute Gasteiger partial charge is 0.300 e. The Morgan fingerprint density at radius 2 is 2.14 bits per heavy atom. The van der Waals surface area contributed by atoms with Gasteiger partial charge in [0.15, 0.2) is 0 Å². The van der Waals surface area contributed by atoms with E-state index in [4.69, 9.17) is 11.6 Å². The summed E-state index contributed by atoms with van der Waals surface area (Å²) in [6, 6.07) is 3.29. The number of carbonyl (C=O) groups excluding carboxylic acids is 1. The third-order valence-electron chi connectivity index (χ3n) is 2.01. The van der Waals surface area contributed by atoms with Crippen molar-refractivity contribution < 1.29 is 9.18 Å². The lowest BCUT2D eigenvalue weighted by molar-refractivity contribution is -0.116. The van der Waals surface area contributed by atoms with E-state index in [1.54, 1.807) is 12.1 Å². The molecule has 0 aliphatic rings. The van der Waals surface area contributed by atoms with E-state index in [-0.39, 0.29) is 17.2 Å². The zero-order chi connectivity index (χ0) is 10.7. The first-order valence-corrected chi connectivity index (χ1v) is 4.88. The van der Waals surface area contributed by atoms with Gasteiger partial charge < -0.3 is 0 Å². The van der Waals surface area contributed by atoms with Crippen LogP contribution >= 0.6 is 11.6 Å². The van der Waals surface area contributed by atoms with Gasteiger partial charge in [0.05, 0.1) is 5.02 Å². The van der Waals surface area contributed by atoms with Gasteiger partial charge in [0.2, 0.25) is 0 Å². The van der Waals surface area contributed by atoms with E-state index < -0.39 is 5.82 Å². The third kappa shape index (κ3) is 2.55. The molecule has 1 nitrogen and oxygen atoms in total. The number of Topliss-reactive ketones (excluding diaryl/α,β-unsaturated/α-hetero) is 1. The molecule has 0 unspecified atom stereocenters. The molecule has 1 aromatic rings. The van der Waals surface area contributed by atoms with Gasteiger partial charge in [0.1, 0.15) is 11.6 Å². The first-order chi connectivity index (χ1) is 6.54. The predicted molar refractivity (Wildman–Crippen MR) is 55.2 cm³/mol. The maximum absolute atomic E-state index is 13.4. The second-order valence-electron chi connectivity index (χ2n) is 3.28. The van der Waals surface area contributed by atoms with E-state index in [1.807, 2.05) is 6.92 Å². The molecule has 0 radical (unpaired) electrons. The van der Waals surface area contributed by atoms with Crippen molar-refractivity contribution >= 4 is 17.4 Å². The lowest BCUT2D eigenvalue weighted by atomic mass is 10.0. The molecule has 0 saturated heterocycles. The summed E-state index contributed by atoms with van der Waals surface area (Å²) in [5, 5.41) is 0.0978. The van der Waals surface area contributed by atoms with Crippen LogP contribution in [0.25, 0.3) is 0 Å². The molecule has 0 amide bonds. The maximum Gasteiger partial charge on any atom is 0.145 e. The number of benzene rings is 1. The van der Waals surface area contributed by atoms with Gasteiger partial charge in [-0.15, -0.1) is 0 Å². The molecular formula is C11H12ClFO. The number of aryl methyl sites for hydroxylation is 1. The van der Waals surface area contributed by atoms with Gasteiger partial charge in [0, 0.05) is 6.42 Å². The Morgan fingerprint density at radius 3 is 2.64 bits per heavy atom. The molecular weight excluding hydrogens is 203 g/mol. The van der Waals surface area contributed by atoms with E-state index >= 15 is 0 Å². The van der Waals surface area contributed by atoms with Gasteiger partial charge >= 0.3 is 0 Å². The van der Waals surface area contributed by atoms with Crippen LogP contribution in [-0.4, -0.2) is 5.78 Å². The van der Waals surface area contributed by atoms with Crippen molar-refractivity contribution in [1.82, 2.24) is 0 Å². The first kappa shape index (κ1) is 11.2. The molecule has 76 valence electrons. The van der Waals surface area contributed by atoms with E-state index in [1.165, 1.54) is 6.92 Å². The lowest BCUT2D eigenvalue weighted by Gasteiger charge is -2.05. The highest BCUT2D eigenvalue weighted by atomic mass is 35.5. The normalized spacial score (nSPS) is 10.3. The molecule has 0 aliphatic carbocycles. The molecule has 0 fully saturated rings. The van der Waals surface area contributed by atoms with Crippen molar-refractivity contribution in [2.24, 2.45) is 0 Å². The lowest BCUT2D eigenvalue weighted by Crippen LogP contribution is -2.01. The fraction of sp³-hybridized carbons (Fsp3) is 0.364. The molecule has 1 rings (SSSR count). The van der Waals surface area contributed by atoms with Gasteiger partial charge in [-0.3, -0.25) is 4.79 Å². The number of rotatable bonds is 3. The SMILES string of the molecule is CCc1cc(Cl)c(F)c(CC(C)=O)c1. The van der Waals surface area contributed by atoms with E-state index in [2.05, 4.69) is 0 Å². The Hall–Kier alpha value is -0.890. The number of carbonyl (C=O) groups is 1. The van der Waals surface area contributed by atoms with E-state index in [9.17, 15) is 9.18 Å². The summed E-state index contributed by atoms with van der Waals surface area (Å²) >= 11 is 5.69. The summed E-state index contributed by atoms with van der Waals surface area (Å²) in [6.07, 6.45) is 0.893. The minimum Gasteiger partial charge on any atom is -0.300 e. The summed E-state index contributed by atoms with van der Waals surface area (Å²) in [7, 11) is 0. The summed E-state index contributed by atoms with van der Waals surface area (Å²) in [6.45, 7) is 3.40. The number of hydrogen-bond donors (Lipinski definition) is 0. The van der Waals surface area contributed by atoms with Crippen LogP contribution in [0.1, 0.15) is 25.0 Å². The maximum atomic E-state index is 13.4. The number of hydrogen-bond acceptors (Lipinski definition) is 1. The second kappa shape index (κ2) is 4.56. The standard InChI is InChI=1S/C11H12ClFO/c1-3-8-5-9(4-7(2)14)11(13)10(12)6-8/h5-6H,3-4H2,1-2H3. The first-order valence-electron chi connectivity index (χ1n) is 4.50. The van der Waals surface area contributed by atoms with Crippen LogP contribution < -0.4 is 0 Å². The molecule has 0 aliphatic heterocycles. The third-order valence-corrected chi connectivity index (χ3v) is 2.29. The minimum atomic E-state index is -0.473. The average Bonchev–Trinajstić information content (AvgIpc) is 2.11. The zero-order valence-electron chi connectivity index (χ0n) is 8.23. The van der Waals surface area contributed by atoms with Crippen molar-refractivity contribution in [1.29, 1.82) is 0 Å². The fourth-order valence-corrected chi connectivity index (χ4v) is 1.57. The van der Waals surface area contributed by atoms with Crippen LogP contribution in [0.4, 0.5) is 4.39 Å². The molecule has 0 saturated carbocycles. The Labute approximate surface area is 87.9 Å². The highest BCUT2D eigenvalue weighted by Gasteiger charge is 2.10. The van der Waals surface area contributed by atoms with Crippen LogP contribution in [0.5, 0.6) is 0 Å². The quantitative estimate of drug-likeness (QED) is 0.756. The molecule has 0 heterocycles. The van der Waals surface area contributed by atoms with Crippen molar-refractivity contribution in [2.75, 3.05) is 0 Å². The van der Waals surface area contributed by atoms with Crippen LogP contribution in [0, 0.1) is 5.82 Å². The van der Waals surface area contributed by atoms with Gasteiger partial charge in [0.25, 0.3) is 0 Å². The minimum absolute atomic E-state index is 0.0618. The predicted octanol–water partition coefficient (Wildman–Crippen LogP) is 3.17. The molecule has 0 N–H and O–H groups in total. The van der Waals surface area contributed by atoms with E-state index in [0.717, 1.165) is 12.0 Å². The van der Waals surface area contributed by atoms with Gasteiger partial charge in [-0.2, -0.15) is 0 Å². The van der Waals surface area contributed by atoms with Gasteiger partial charge in [-0.25, -0.2) is 4.39 Å². The molecule has 0 atom stereocenters. The Balaban J connectivity index is 3.13. The summed E-state index contributed by atoms with van der Waals surface area (Å²) in [4.78, 5) is 10.9. The number of halogens is 2. The molecule has 0 bridgehead atoms. The molecule has 3 heteroatoms. The van der Waals surface area contributed by atoms with Crippen LogP contribution in [0.15, 0.2) is 12.1 Å². The van der Waals surface area contributed by atoms with Crippen molar-refractivity contribution in [3.05, 3.63) is 34.1 Å². The van der Waals surface area contributed by atoms with Crippen molar-refractivity contribution in [3.63, 3.8) is 0 Å². The van der Waals surface area contributed by atoms with Crippen LogP contribution in [0.2, 0.25) is 5.02 Å². The summed E-state index contributed by atoms with van der Waals surface area (Å²) < 4.78 is 13.4. The van der Waals surface area contributed by atoms with Crippen molar-refractivity contribution in [2.45, 2.75) is 26.7 Å². The topological polar surface area (TPSA) is 17.1 Å². The average molecular weight is 215 g/mol. The van der Waals surface area contributed by atoms with Gasteiger partial charge in [-0.1, -0.05) is 24.6 Å². The second-order valence-corrected chi connectivity index (χ2v) is 3.69. The van der Waals surface area contributed by atoms with Crippen molar-refractivity contribution in [3.8, 4) is 0 Å². The number of ketones is 1. The van der Waals surface area contributed by atoms with Crippen LogP contribution in [0.3, 0.4) is 0 Å². The Bertz CT molecular complexity index is 361. The summed E-state index contributed by atoms with van der Waals surface area (Å²) in [5.41, 5.74) is 1.34. The zero-order valence-corrected chi connectivity index (χ0v) is 8.99. The Morgan fingerprint density at radius 1 is 1.50 bits per heavy atom. The highest BCUT2D eigenvalue weighted by molar-refractivity contribution is 6.30. The fourth-order valence-electron chi connectivity index (χ4n) is 1.31. The molecule has 14 heavy (non-hydrogen) atoms. The summed E-state index contributed by atoms with van der Waals surface area (Å²) in [5.74, 6) is -0.535. The molecule has 0 aromatic heterocycles. The Kier molecular flexibility index (Phi) is 3.64. The monoisotopic (exact) mass is 214 g/mol. The molecule has 1 aromatic carbocycles. The molecule has 0 spiro atoms. The van der Waals surface area contributed by atoms with Crippen LogP contribution in [-0.2, 0) is 17.6 Å².